The summed E-state index contributed by atoms with van der Waals surface area (Å²) in [6.45, 7) is 6.34. The topological polar surface area (TPSA) is 81.6 Å². The Morgan fingerprint density at radius 3 is 2.36 bits per heavy atom. The molecule has 0 aliphatic heterocycles. The molecule has 0 aliphatic rings. The zero-order valence-corrected chi connectivity index (χ0v) is 13.7. The van der Waals surface area contributed by atoms with Crippen molar-refractivity contribution in [2.75, 3.05) is 6.54 Å². The maximum Gasteiger partial charge on any atom is 0.314 e. The fourth-order valence-electron chi connectivity index (χ4n) is 2.06. The lowest BCUT2D eigenvalue weighted by molar-refractivity contribution is 0.116. The first-order valence-electron chi connectivity index (χ1n) is 7.88. The molecular formula is C17H28N2O3. The minimum atomic E-state index is -0.382. The normalized spacial score (nSPS) is 13.7. The minimum absolute atomic E-state index is 0.0591. The van der Waals surface area contributed by atoms with E-state index in [-0.39, 0.29) is 29.8 Å². The first-order chi connectivity index (χ1) is 10.4. The Bertz CT molecular complexity index is 446. The van der Waals surface area contributed by atoms with Crippen LogP contribution >= 0.6 is 0 Å². The summed E-state index contributed by atoms with van der Waals surface area (Å²) >= 11 is 0. The molecule has 5 heteroatoms. The predicted octanol–water partition coefficient (Wildman–Crippen LogP) is 2.42. The molecule has 5 nitrogen and oxygen atoms in total. The monoisotopic (exact) mass is 308 g/mol. The second-order valence-electron chi connectivity index (χ2n) is 6.11. The van der Waals surface area contributed by atoms with E-state index in [4.69, 9.17) is 0 Å². The number of phenolic OH excluding ortho intramolecular Hbond substituents is 1. The molecule has 4 N–H and O–H groups in total. The summed E-state index contributed by atoms with van der Waals surface area (Å²) in [5.74, 6) is 0.465. The highest BCUT2D eigenvalue weighted by atomic mass is 16.3. The second kappa shape index (κ2) is 9.30. The number of aromatic hydroxyl groups is 1. The average molecular weight is 308 g/mol. The predicted molar refractivity (Wildman–Crippen MR) is 87.9 cm³/mol. The van der Waals surface area contributed by atoms with Crippen LogP contribution in [0.2, 0.25) is 0 Å². The average Bonchev–Trinajstić information content (AvgIpc) is 2.46. The van der Waals surface area contributed by atoms with E-state index >= 15 is 0 Å². The van der Waals surface area contributed by atoms with Gasteiger partial charge in [0.05, 0.1) is 6.10 Å². The van der Waals surface area contributed by atoms with E-state index in [9.17, 15) is 15.0 Å². The number of aliphatic hydroxyl groups excluding tert-OH is 1. The molecule has 1 rings (SSSR count). The van der Waals surface area contributed by atoms with Gasteiger partial charge in [-0.05, 0) is 49.8 Å². The summed E-state index contributed by atoms with van der Waals surface area (Å²) in [5, 5.41) is 24.5. The number of nitrogens with one attached hydrogen (secondary N) is 2. The molecule has 0 saturated carbocycles. The van der Waals surface area contributed by atoms with E-state index in [2.05, 4.69) is 10.6 Å². The molecule has 124 valence electrons. The number of benzene rings is 1. The Morgan fingerprint density at radius 2 is 1.77 bits per heavy atom. The summed E-state index contributed by atoms with van der Waals surface area (Å²) in [5.41, 5.74) is 1.13. The van der Waals surface area contributed by atoms with Crippen LogP contribution in [0.3, 0.4) is 0 Å². The summed E-state index contributed by atoms with van der Waals surface area (Å²) in [4.78, 5) is 11.7. The lowest BCUT2D eigenvalue weighted by Crippen LogP contribution is -2.42. The maximum atomic E-state index is 11.7. The van der Waals surface area contributed by atoms with Crippen LogP contribution < -0.4 is 10.6 Å². The third kappa shape index (κ3) is 7.31. The molecule has 0 radical (unpaired) electrons. The quantitative estimate of drug-likeness (QED) is 0.595. The molecule has 0 aromatic heterocycles. The number of rotatable bonds is 8. The van der Waals surface area contributed by atoms with Crippen LogP contribution in [0.15, 0.2) is 24.3 Å². The molecule has 0 spiro atoms. The van der Waals surface area contributed by atoms with Gasteiger partial charge in [0.15, 0.2) is 0 Å². The molecule has 22 heavy (non-hydrogen) atoms. The molecule has 2 atom stereocenters. The summed E-state index contributed by atoms with van der Waals surface area (Å²) in [6.07, 6.45) is 1.85. The molecule has 2 unspecified atom stereocenters. The first kappa shape index (κ1) is 18.3. The van der Waals surface area contributed by atoms with Crippen molar-refractivity contribution in [3.8, 4) is 5.75 Å². The van der Waals surface area contributed by atoms with Gasteiger partial charge in [0.25, 0.3) is 0 Å². The Balaban J connectivity index is 2.19. The minimum Gasteiger partial charge on any atom is -0.508 e. The number of amides is 2. The van der Waals surface area contributed by atoms with Crippen molar-refractivity contribution in [1.29, 1.82) is 0 Å². The fraction of sp³-hybridized carbons (Fsp3) is 0.588. The Kier molecular flexibility index (Phi) is 7.74. The fourth-order valence-corrected chi connectivity index (χ4v) is 2.06. The number of aliphatic hydroxyl groups is 1. The molecule has 1 aromatic rings. The van der Waals surface area contributed by atoms with E-state index in [1.165, 1.54) is 0 Å². The highest BCUT2D eigenvalue weighted by Crippen LogP contribution is 2.11. The zero-order valence-electron chi connectivity index (χ0n) is 13.7. The summed E-state index contributed by atoms with van der Waals surface area (Å²) in [7, 11) is 0. The zero-order chi connectivity index (χ0) is 16.5. The van der Waals surface area contributed by atoms with E-state index in [0.29, 0.717) is 13.0 Å². The molecule has 0 heterocycles. The molecular weight excluding hydrogens is 280 g/mol. The second-order valence-corrected chi connectivity index (χ2v) is 6.11. The lowest BCUT2D eigenvalue weighted by atomic mass is 10.0. The van der Waals surface area contributed by atoms with Gasteiger partial charge in [0.2, 0.25) is 0 Å². The molecule has 0 saturated heterocycles. The van der Waals surface area contributed by atoms with Gasteiger partial charge in [-0.25, -0.2) is 4.79 Å². The van der Waals surface area contributed by atoms with E-state index in [1.54, 1.807) is 12.1 Å². The third-order valence-corrected chi connectivity index (χ3v) is 3.68. The van der Waals surface area contributed by atoms with E-state index in [0.717, 1.165) is 18.4 Å². The smallest absolute Gasteiger partial charge is 0.314 e. The SMILES string of the molecule is CC(CCc1ccc(O)cc1)NC(=O)NCCC(O)C(C)C. The standard InChI is InChI=1S/C17H28N2O3/c1-12(2)16(21)10-11-18-17(22)19-13(3)4-5-14-6-8-15(20)9-7-14/h6-9,12-13,16,20-21H,4-5,10-11H2,1-3H3,(H2,18,19,22). The number of urea groups is 1. The van der Waals surface area contributed by atoms with Crippen LogP contribution in [0.25, 0.3) is 0 Å². The summed E-state index contributed by atoms with van der Waals surface area (Å²) in [6, 6.07) is 6.96. The van der Waals surface area contributed by atoms with Gasteiger partial charge in [-0.3, -0.25) is 0 Å². The number of carbonyl (C=O) groups excluding carboxylic acids is 1. The number of hydrogen-bond acceptors (Lipinski definition) is 3. The lowest BCUT2D eigenvalue weighted by Gasteiger charge is -2.17. The van der Waals surface area contributed by atoms with Crippen LogP contribution in [-0.4, -0.2) is 34.9 Å². The van der Waals surface area contributed by atoms with Crippen molar-refractivity contribution in [2.45, 2.75) is 52.2 Å². The molecule has 0 fully saturated rings. The van der Waals surface area contributed by atoms with Crippen LogP contribution in [0.4, 0.5) is 4.79 Å². The third-order valence-electron chi connectivity index (χ3n) is 3.68. The largest absolute Gasteiger partial charge is 0.508 e. The van der Waals surface area contributed by atoms with Crippen molar-refractivity contribution in [1.82, 2.24) is 10.6 Å². The molecule has 2 amide bonds. The van der Waals surface area contributed by atoms with Crippen molar-refractivity contribution in [3.63, 3.8) is 0 Å². The highest BCUT2D eigenvalue weighted by molar-refractivity contribution is 5.74. The van der Waals surface area contributed by atoms with Gasteiger partial charge >= 0.3 is 6.03 Å². The number of phenols is 1. The van der Waals surface area contributed by atoms with Crippen LogP contribution in [0, 0.1) is 5.92 Å². The van der Waals surface area contributed by atoms with Gasteiger partial charge < -0.3 is 20.8 Å². The van der Waals surface area contributed by atoms with Gasteiger partial charge in [-0.1, -0.05) is 26.0 Å². The van der Waals surface area contributed by atoms with Crippen molar-refractivity contribution in [3.05, 3.63) is 29.8 Å². The van der Waals surface area contributed by atoms with E-state index < -0.39 is 0 Å². The molecule has 0 aliphatic carbocycles. The van der Waals surface area contributed by atoms with E-state index in [1.807, 2.05) is 32.9 Å². The maximum absolute atomic E-state index is 11.7. The number of carbonyl (C=O) groups is 1. The van der Waals surface area contributed by atoms with Gasteiger partial charge in [-0.15, -0.1) is 0 Å². The van der Waals surface area contributed by atoms with Crippen LogP contribution in [-0.2, 0) is 6.42 Å². The van der Waals surface area contributed by atoms with Crippen LogP contribution in [0.1, 0.15) is 39.2 Å². The first-order valence-corrected chi connectivity index (χ1v) is 7.88. The summed E-state index contributed by atoms with van der Waals surface area (Å²) < 4.78 is 0. The molecule has 0 bridgehead atoms. The highest BCUT2D eigenvalue weighted by Gasteiger charge is 2.10. The van der Waals surface area contributed by atoms with Crippen molar-refractivity contribution < 1.29 is 15.0 Å². The van der Waals surface area contributed by atoms with Gasteiger partial charge in [0.1, 0.15) is 5.75 Å². The van der Waals surface area contributed by atoms with Crippen LogP contribution in [0.5, 0.6) is 5.75 Å². The van der Waals surface area contributed by atoms with Gasteiger partial charge in [0, 0.05) is 12.6 Å². The number of aryl methyl sites for hydroxylation is 1. The van der Waals surface area contributed by atoms with Crippen molar-refractivity contribution >= 4 is 6.03 Å². The Hall–Kier alpha value is -1.75. The molecule has 1 aromatic carbocycles. The number of hydrogen-bond donors (Lipinski definition) is 4. The van der Waals surface area contributed by atoms with Crippen molar-refractivity contribution in [2.24, 2.45) is 5.92 Å². The Morgan fingerprint density at radius 1 is 1.14 bits per heavy atom. The Labute approximate surface area is 132 Å². The van der Waals surface area contributed by atoms with Gasteiger partial charge in [-0.2, -0.15) is 0 Å².